The van der Waals surface area contributed by atoms with E-state index in [4.69, 9.17) is 5.73 Å². The molecule has 2 rings (SSSR count). The van der Waals surface area contributed by atoms with Crippen molar-refractivity contribution in [2.24, 2.45) is 12.8 Å². The number of hydrogen-bond acceptors (Lipinski definition) is 4. The van der Waals surface area contributed by atoms with Crippen LogP contribution in [0.1, 0.15) is 24.2 Å². The normalized spacial score (nSPS) is 20.4. The molecule has 2 heterocycles. The Labute approximate surface area is 118 Å². The van der Waals surface area contributed by atoms with Gasteiger partial charge in [0.25, 0.3) is 5.91 Å². The maximum atomic E-state index is 12.5. The Morgan fingerprint density at radius 2 is 2.10 bits per heavy atom. The van der Waals surface area contributed by atoms with Crippen LogP contribution in [-0.2, 0) is 11.8 Å². The molecule has 1 aliphatic rings. The molecular formula is C13H21N5O2. The summed E-state index contributed by atoms with van der Waals surface area (Å²) >= 11 is 0. The minimum Gasteiger partial charge on any atom is -0.368 e. The predicted octanol–water partition coefficient (Wildman–Crippen LogP) is -0.560. The second kappa shape index (κ2) is 5.62. The van der Waals surface area contributed by atoms with E-state index >= 15 is 0 Å². The van der Waals surface area contributed by atoms with Crippen LogP contribution in [0.3, 0.4) is 0 Å². The summed E-state index contributed by atoms with van der Waals surface area (Å²) < 4.78 is 1.57. The van der Waals surface area contributed by atoms with Crippen molar-refractivity contribution in [3.8, 4) is 0 Å². The van der Waals surface area contributed by atoms with Crippen LogP contribution in [0.2, 0.25) is 0 Å². The van der Waals surface area contributed by atoms with Gasteiger partial charge in [-0.1, -0.05) is 0 Å². The number of hydrogen-bond donors (Lipinski definition) is 1. The number of nitrogens with two attached hydrogens (primary N) is 1. The average Bonchev–Trinajstić information content (AvgIpc) is 2.83. The van der Waals surface area contributed by atoms with Crippen molar-refractivity contribution in [1.29, 1.82) is 0 Å². The molecule has 0 aliphatic carbocycles. The van der Waals surface area contributed by atoms with E-state index < -0.39 is 11.9 Å². The van der Waals surface area contributed by atoms with Crippen molar-refractivity contribution < 1.29 is 9.59 Å². The van der Waals surface area contributed by atoms with E-state index in [0.29, 0.717) is 24.7 Å². The highest BCUT2D eigenvalue weighted by molar-refractivity contribution is 5.97. The van der Waals surface area contributed by atoms with Gasteiger partial charge in [-0.15, -0.1) is 0 Å². The van der Waals surface area contributed by atoms with Gasteiger partial charge in [0.05, 0.1) is 11.8 Å². The van der Waals surface area contributed by atoms with Gasteiger partial charge in [0.2, 0.25) is 5.91 Å². The molecule has 1 aliphatic heterocycles. The third kappa shape index (κ3) is 2.82. The van der Waals surface area contributed by atoms with Crippen molar-refractivity contribution >= 4 is 11.8 Å². The van der Waals surface area contributed by atoms with Crippen molar-refractivity contribution in [1.82, 2.24) is 19.6 Å². The minimum absolute atomic E-state index is 0.190. The lowest BCUT2D eigenvalue weighted by Crippen LogP contribution is -2.60. The Balaban J connectivity index is 2.18. The van der Waals surface area contributed by atoms with E-state index in [9.17, 15) is 9.59 Å². The lowest BCUT2D eigenvalue weighted by atomic mass is 10.1. The van der Waals surface area contributed by atoms with Gasteiger partial charge < -0.3 is 10.6 Å². The van der Waals surface area contributed by atoms with Gasteiger partial charge in [-0.2, -0.15) is 5.10 Å². The molecule has 0 radical (unpaired) electrons. The fourth-order valence-electron chi connectivity index (χ4n) is 2.46. The summed E-state index contributed by atoms with van der Waals surface area (Å²) in [6, 6.07) is -0.258. The number of carbonyl (C=O) groups excluding carboxylic acids is 2. The number of primary amides is 1. The molecule has 2 N–H and O–H groups in total. The average molecular weight is 279 g/mol. The molecule has 0 saturated carbocycles. The molecule has 1 fully saturated rings. The quantitative estimate of drug-likeness (QED) is 0.804. The zero-order valence-corrected chi connectivity index (χ0v) is 12.1. The molecule has 1 unspecified atom stereocenters. The number of aryl methyl sites for hydroxylation is 1. The summed E-state index contributed by atoms with van der Waals surface area (Å²) in [4.78, 5) is 27.8. The lowest BCUT2D eigenvalue weighted by Gasteiger charge is -2.41. The highest BCUT2D eigenvalue weighted by Crippen LogP contribution is 2.15. The number of nitrogens with zero attached hydrogens (tertiary/aromatic N) is 4. The molecule has 7 nitrogen and oxygen atoms in total. The fraction of sp³-hybridized carbons (Fsp3) is 0.615. The summed E-state index contributed by atoms with van der Waals surface area (Å²) in [6.45, 7) is 5.86. The standard InChI is InChI=1S/C13H21N5O2/c1-9(2)17-4-5-18(11(8-17)12(14)19)13(20)10-6-15-16(3)7-10/h6-7,9,11H,4-5,8H2,1-3H3,(H2,14,19). The van der Waals surface area contributed by atoms with Crippen LogP contribution >= 0.6 is 0 Å². The van der Waals surface area contributed by atoms with Crippen molar-refractivity contribution in [3.63, 3.8) is 0 Å². The largest absolute Gasteiger partial charge is 0.368 e. The lowest BCUT2D eigenvalue weighted by molar-refractivity contribution is -0.124. The smallest absolute Gasteiger partial charge is 0.257 e. The molecule has 0 aromatic carbocycles. The highest BCUT2D eigenvalue weighted by Gasteiger charge is 2.35. The van der Waals surface area contributed by atoms with Gasteiger partial charge in [0.1, 0.15) is 6.04 Å². The molecule has 1 aromatic rings. The monoisotopic (exact) mass is 279 g/mol. The third-order valence-electron chi connectivity index (χ3n) is 3.68. The highest BCUT2D eigenvalue weighted by atomic mass is 16.2. The maximum absolute atomic E-state index is 12.5. The van der Waals surface area contributed by atoms with E-state index in [1.54, 1.807) is 22.8 Å². The van der Waals surface area contributed by atoms with Crippen LogP contribution in [0, 0.1) is 0 Å². The second-order valence-electron chi connectivity index (χ2n) is 5.41. The Morgan fingerprint density at radius 3 is 2.60 bits per heavy atom. The number of piperazine rings is 1. The summed E-state index contributed by atoms with van der Waals surface area (Å²) in [6.07, 6.45) is 3.16. The number of rotatable bonds is 3. The van der Waals surface area contributed by atoms with Gasteiger partial charge in [0.15, 0.2) is 0 Å². The van der Waals surface area contributed by atoms with Crippen LogP contribution in [0.4, 0.5) is 0 Å². The number of aromatic nitrogens is 2. The molecule has 2 amide bonds. The predicted molar refractivity (Wildman–Crippen MR) is 73.9 cm³/mol. The summed E-state index contributed by atoms with van der Waals surface area (Å²) in [5.74, 6) is -0.655. The minimum atomic E-state index is -0.584. The SMILES string of the molecule is CC(C)N1CCN(C(=O)c2cnn(C)c2)C(C(N)=O)C1. The van der Waals surface area contributed by atoms with Crippen LogP contribution in [0.25, 0.3) is 0 Å². The summed E-state index contributed by atoms with van der Waals surface area (Å²) in [5, 5.41) is 3.99. The van der Waals surface area contributed by atoms with E-state index in [0.717, 1.165) is 6.54 Å². The molecule has 1 aromatic heterocycles. The first kappa shape index (κ1) is 14.5. The van der Waals surface area contributed by atoms with E-state index in [1.807, 2.05) is 0 Å². The van der Waals surface area contributed by atoms with Crippen molar-refractivity contribution in [2.45, 2.75) is 25.9 Å². The number of carbonyl (C=O) groups is 2. The van der Waals surface area contributed by atoms with Gasteiger partial charge in [-0.3, -0.25) is 19.2 Å². The Hall–Kier alpha value is -1.89. The third-order valence-corrected chi connectivity index (χ3v) is 3.68. The van der Waals surface area contributed by atoms with Gasteiger partial charge in [-0.05, 0) is 13.8 Å². The Kier molecular flexibility index (Phi) is 4.08. The molecular weight excluding hydrogens is 258 g/mol. The van der Waals surface area contributed by atoms with Crippen molar-refractivity contribution in [2.75, 3.05) is 19.6 Å². The van der Waals surface area contributed by atoms with Gasteiger partial charge >= 0.3 is 0 Å². The topological polar surface area (TPSA) is 84.5 Å². The van der Waals surface area contributed by atoms with Gasteiger partial charge in [0, 0.05) is 38.9 Å². The van der Waals surface area contributed by atoms with Gasteiger partial charge in [-0.25, -0.2) is 0 Å². The Bertz CT molecular complexity index is 511. The molecule has 0 spiro atoms. The first-order valence-electron chi connectivity index (χ1n) is 6.73. The van der Waals surface area contributed by atoms with Crippen LogP contribution < -0.4 is 5.73 Å². The zero-order valence-electron chi connectivity index (χ0n) is 12.1. The van der Waals surface area contributed by atoms with E-state index in [-0.39, 0.29) is 5.91 Å². The van der Waals surface area contributed by atoms with Crippen LogP contribution in [-0.4, -0.2) is 63.1 Å². The molecule has 0 bridgehead atoms. The zero-order chi connectivity index (χ0) is 14.9. The molecule has 1 saturated heterocycles. The van der Waals surface area contributed by atoms with Crippen molar-refractivity contribution in [3.05, 3.63) is 18.0 Å². The molecule has 1 atom stereocenters. The molecule has 110 valence electrons. The first-order chi connectivity index (χ1) is 9.40. The maximum Gasteiger partial charge on any atom is 0.257 e. The molecule has 7 heteroatoms. The summed E-state index contributed by atoms with van der Waals surface area (Å²) in [7, 11) is 1.75. The first-order valence-corrected chi connectivity index (χ1v) is 6.73. The Morgan fingerprint density at radius 1 is 1.40 bits per heavy atom. The molecule has 20 heavy (non-hydrogen) atoms. The van der Waals surface area contributed by atoms with E-state index in [2.05, 4.69) is 23.8 Å². The van der Waals surface area contributed by atoms with E-state index in [1.165, 1.54) is 6.20 Å². The second-order valence-corrected chi connectivity index (χ2v) is 5.41. The van der Waals surface area contributed by atoms with Crippen LogP contribution in [0.15, 0.2) is 12.4 Å². The summed E-state index contributed by atoms with van der Waals surface area (Å²) in [5.41, 5.74) is 5.94. The van der Waals surface area contributed by atoms with Crippen LogP contribution in [0.5, 0.6) is 0 Å². The fourth-order valence-corrected chi connectivity index (χ4v) is 2.46. The number of amides is 2.